The molecule has 2 aromatic carbocycles. The highest BCUT2D eigenvalue weighted by Gasteiger charge is 2.32. The minimum atomic E-state index is -0.524. The quantitative estimate of drug-likeness (QED) is 0.786. The number of benzene rings is 2. The van der Waals surface area contributed by atoms with Gasteiger partial charge >= 0.3 is 0 Å². The van der Waals surface area contributed by atoms with Crippen molar-refractivity contribution in [3.05, 3.63) is 65.7 Å². The van der Waals surface area contributed by atoms with Crippen LogP contribution in [0.25, 0.3) is 0 Å². The van der Waals surface area contributed by atoms with Gasteiger partial charge in [-0.1, -0.05) is 42.5 Å². The van der Waals surface area contributed by atoms with Gasteiger partial charge in [-0.15, -0.1) is 0 Å². The molecule has 0 unspecified atom stereocenters. The maximum atomic E-state index is 13.0. The molecule has 0 aromatic heterocycles. The molecule has 0 radical (unpaired) electrons. The van der Waals surface area contributed by atoms with E-state index in [-0.39, 0.29) is 5.91 Å². The summed E-state index contributed by atoms with van der Waals surface area (Å²) >= 11 is 0. The SMILES string of the molecule is CN(Cc1ccc(N2CCCCC2)cc1)C(=O)C(C)(C)c1ccccc1. The van der Waals surface area contributed by atoms with E-state index < -0.39 is 5.41 Å². The zero-order valence-corrected chi connectivity index (χ0v) is 16.2. The molecule has 2 aromatic rings. The van der Waals surface area contributed by atoms with Crippen molar-refractivity contribution in [2.24, 2.45) is 0 Å². The predicted molar refractivity (Wildman–Crippen MR) is 108 cm³/mol. The highest BCUT2D eigenvalue weighted by atomic mass is 16.2. The van der Waals surface area contributed by atoms with Crippen molar-refractivity contribution in [3.8, 4) is 0 Å². The summed E-state index contributed by atoms with van der Waals surface area (Å²) in [6, 6.07) is 18.7. The monoisotopic (exact) mass is 350 g/mol. The molecule has 1 saturated heterocycles. The van der Waals surface area contributed by atoms with Gasteiger partial charge in [0.2, 0.25) is 5.91 Å². The Bertz CT molecular complexity index is 716. The van der Waals surface area contributed by atoms with Gasteiger partial charge in [-0.2, -0.15) is 0 Å². The zero-order chi connectivity index (χ0) is 18.6. The lowest BCUT2D eigenvalue weighted by Gasteiger charge is -2.30. The molecule has 26 heavy (non-hydrogen) atoms. The molecule has 0 spiro atoms. The maximum absolute atomic E-state index is 13.0. The molecule has 138 valence electrons. The van der Waals surface area contributed by atoms with E-state index in [0.29, 0.717) is 6.54 Å². The summed E-state index contributed by atoms with van der Waals surface area (Å²) in [7, 11) is 1.89. The van der Waals surface area contributed by atoms with Gasteiger partial charge in [0.25, 0.3) is 0 Å². The minimum absolute atomic E-state index is 0.142. The Morgan fingerprint density at radius 1 is 0.962 bits per heavy atom. The van der Waals surface area contributed by atoms with Gasteiger partial charge in [-0.25, -0.2) is 0 Å². The van der Waals surface area contributed by atoms with E-state index in [2.05, 4.69) is 29.2 Å². The summed E-state index contributed by atoms with van der Waals surface area (Å²) in [6.07, 6.45) is 3.92. The maximum Gasteiger partial charge on any atom is 0.232 e. The fourth-order valence-electron chi connectivity index (χ4n) is 3.77. The molecule has 1 heterocycles. The Morgan fingerprint density at radius 3 is 2.19 bits per heavy atom. The minimum Gasteiger partial charge on any atom is -0.372 e. The van der Waals surface area contributed by atoms with E-state index in [9.17, 15) is 4.79 Å². The van der Waals surface area contributed by atoms with Gasteiger partial charge in [-0.3, -0.25) is 4.79 Å². The largest absolute Gasteiger partial charge is 0.372 e. The summed E-state index contributed by atoms with van der Waals surface area (Å²) in [4.78, 5) is 17.3. The van der Waals surface area contributed by atoms with E-state index in [1.165, 1.54) is 30.5 Å². The van der Waals surface area contributed by atoms with Crippen LogP contribution in [0.3, 0.4) is 0 Å². The number of piperidine rings is 1. The number of carbonyl (C=O) groups excluding carboxylic acids is 1. The van der Waals surface area contributed by atoms with E-state index in [0.717, 1.165) is 18.7 Å². The lowest BCUT2D eigenvalue weighted by molar-refractivity contribution is -0.135. The standard InChI is InChI=1S/C23H30N2O/c1-23(2,20-10-6-4-7-11-20)22(26)24(3)18-19-12-14-21(15-13-19)25-16-8-5-9-17-25/h4,6-7,10-15H,5,8-9,16-18H2,1-3H3. The Morgan fingerprint density at radius 2 is 1.58 bits per heavy atom. The molecule has 3 heteroatoms. The van der Waals surface area contributed by atoms with Crippen molar-refractivity contribution < 1.29 is 4.79 Å². The summed E-state index contributed by atoms with van der Waals surface area (Å²) in [6.45, 7) is 6.95. The Kier molecular flexibility index (Phi) is 5.65. The van der Waals surface area contributed by atoms with Crippen LogP contribution in [0.5, 0.6) is 0 Å². The number of amides is 1. The van der Waals surface area contributed by atoms with Crippen LogP contribution in [0.4, 0.5) is 5.69 Å². The van der Waals surface area contributed by atoms with Crippen molar-refractivity contribution in [1.29, 1.82) is 0 Å². The van der Waals surface area contributed by atoms with Gasteiger partial charge < -0.3 is 9.80 Å². The third kappa shape index (κ3) is 4.09. The molecule has 0 saturated carbocycles. The lowest BCUT2D eigenvalue weighted by Crippen LogP contribution is -2.41. The van der Waals surface area contributed by atoms with Crippen LogP contribution in [0, 0.1) is 0 Å². The first kappa shape index (κ1) is 18.5. The first-order chi connectivity index (χ1) is 12.5. The van der Waals surface area contributed by atoms with Crippen LogP contribution >= 0.6 is 0 Å². The van der Waals surface area contributed by atoms with Crippen molar-refractivity contribution in [2.75, 3.05) is 25.0 Å². The summed E-state index contributed by atoms with van der Waals surface area (Å²) in [5.41, 5.74) is 3.00. The Balaban J connectivity index is 1.65. The molecule has 0 atom stereocenters. The number of hydrogen-bond acceptors (Lipinski definition) is 2. The Hall–Kier alpha value is -2.29. The molecule has 0 N–H and O–H groups in total. The van der Waals surface area contributed by atoms with E-state index >= 15 is 0 Å². The van der Waals surface area contributed by atoms with E-state index in [1.54, 1.807) is 0 Å². The molecule has 3 nitrogen and oxygen atoms in total. The van der Waals surface area contributed by atoms with Crippen molar-refractivity contribution in [2.45, 2.75) is 45.1 Å². The third-order valence-corrected chi connectivity index (χ3v) is 5.45. The number of anilines is 1. The fourth-order valence-corrected chi connectivity index (χ4v) is 3.77. The average Bonchev–Trinajstić information content (AvgIpc) is 2.69. The third-order valence-electron chi connectivity index (χ3n) is 5.45. The van der Waals surface area contributed by atoms with Gasteiger partial charge in [0.15, 0.2) is 0 Å². The zero-order valence-electron chi connectivity index (χ0n) is 16.2. The molecule has 1 amide bonds. The average molecular weight is 351 g/mol. The molecule has 1 fully saturated rings. The van der Waals surface area contributed by atoms with Crippen LogP contribution in [0.1, 0.15) is 44.2 Å². The van der Waals surface area contributed by atoms with Gasteiger partial charge in [0.1, 0.15) is 0 Å². The van der Waals surface area contributed by atoms with Crippen LogP contribution in [0.15, 0.2) is 54.6 Å². The second-order valence-electron chi connectivity index (χ2n) is 7.87. The molecule has 0 aliphatic carbocycles. The summed E-state index contributed by atoms with van der Waals surface area (Å²) in [5.74, 6) is 0.142. The first-order valence-electron chi connectivity index (χ1n) is 9.63. The van der Waals surface area contributed by atoms with E-state index in [4.69, 9.17) is 0 Å². The Labute approximate surface area is 157 Å². The van der Waals surface area contributed by atoms with E-state index in [1.807, 2.05) is 56.1 Å². The predicted octanol–water partition coefficient (Wildman–Crippen LogP) is 4.61. The number of hydrogen-bond donors (Lipinski definition) is 0. The lowest BCUT2D eigenvalue weighted by atomic mass is 9.83. The summed E-state index contributed by atoms with van der Waals surface area (Å²) < 4.78 is 0. The smallest absolute Gasteiger partial charge is 0.232 e. The first-order valence-corrected chi connectivity index (χ1v) is 9.63. The van der Waals surface area contributed by atoms with Gasteiger partial charge in [0.05, 0.1) is 5.41 Å². The second-order valence-corrected chi connectivity index (χ2v) is 7.87. The van der Waals surface area contributed by atoms with Crippen LogP contribution < -0.4 is 4.90 Å². The van der Waals surface area contributed by atoms with Gasteiger partial charge in [-0.05, 0) is 56.4 Å². The van der Waals surface area contributed by atoms with Crippen LogP contribution in [-0.2, 0) is 16.8 Å². The highest BCUT2D eigenvalue weighted by Crippen LogP contribution is 2.26. The van der Waals surface area contributed by atoms with Crippen LogP contribution in [-0.4, -0.2) is 30.9 Å². The second kappa shape index (κ2) is 7.94. The normalized spacial score (nSPS) is 15.0. The molecule has 1 aliphatic rings. The molecule has 3 rings (SSSR count). The van der Waals surface area contributed by atoms with Crippen molar-refractivity contribution in [3.63, 3.8) is 0 Å². The van der Waals surface area contributed by atoms with Gasteiger partial charge in [0, 0.05) is 32.4 Å². The number of carbonyl (C=O) groups is 1. The number of nitrogens with zero attached hydrogens (tertiary/aromatic N) is 2. The molecular weight excluding hydrogens is 320 g/mol. The van der Waals surface area contributed by atoms with Crippen LogP contribution in [0.2, 0.25) is 0 Å². The molecule has 1 aliphatic heterocycles. The fraction of sp³-hybridized carbons (Fsp3) is 0.435. The molecule has 0 bridgehead atoms. The number of likely N-dealkylation sites (N-methyl/N-ethyl adjacent to an activating group) is 1. The summed E-state index contributed by atoms with van der Waals surface area (Å²) in [5, 5.41) is 0. The molecular formula is C23H30N2O. The topological polar surface area (TPSA) is 23.6 Å². The highest BCUT2D eigenvalue weighted by molar-refractivity contribution is 5.87. The van der Waals surface area contributed by atoms with Crippen molar-refractivity contribution >= 4 is 11.6 Å². The van der Waals surface area contributed by atoms with Crippen molar-refractivity contribution in [1.82, 2.24) is 4.90 Å². The number of rotatable bonds is 5.